The van der Waals surface area contributed by atoms with E-state index >= 15 is 0 Å². The van der Waals surface area contributed by atoms with Crippen LogP contribution in [0, 0.1) is 12.8 Å². The minimum Gasteiger partial charge on any atom is -0.379 e. The predicted octanol–water partition coefficient (Wildman–Crippen LogP) is 0.792. The fraction of sp³-hybridized carbons (Fsp3) is 0.722. The number of morpholine rings is 1. The number of nitrogens with zero attached hydrogens (tertiary/aromatic N) is 5. The fourth-order valence-electron chi connectivity index (χ4n) is 3.49. The molecule has 2 aliphatic heterocycles. The first-order valence-electron chi connectivity index (χ1n) is 9.23. The fourth-order valence-corrected chi connectivity index (χ4v) is 3.49. The lowest BCUT2D eigenvalue weighted by Crippen LogP contribution is -2.47. The van der Waals surface area contributed by atoms with Gasteiger partial charge in [0, 0.05) is 58.2 Å². The highest BCUT2D eigenvalue weighted by Crippen LogP contribution is 2.21. The number of piperidine rings is 1. The summed E-state index contributed by atoms with van der Waals surface area (Å²) in [6, 6.07) is 1.90. The summed E-state index contributed by atoms with van der Waals surface area (Å²) in [4.78, 5) is 28.1. The highest BCUT2D eigenvalue weighted by molar-refractivity contribution is 5.79. The van der Waals surface area contributed by atoms with Crippen molar-refractivity contribution < 1.29 is 9.53 Å². The first-order valence-corrected chi connectivity index (χ1v) is 9.23. The third-order valence-corrected chi connectivity index (χ3v) is 5.07. The van der Waals surface area contributed by atoms with Gasteiger partial charge < -0.3 is 14.5 Å². The van der Waals surface area contributed by atoms with Crippen LogP contribution in [0.4, 0.5) is 5.95 Å². The summed E-state index contributed by atoms with van der Waals surface area (Å²) in [5.41, 5.74) is 0.959. The van der Waals surface area contributed by atoms with Crippen LogP contribution < -0.4 is 4.90 Å². The van der Waals surface area contributed by atoms with E-state index in [1.165, 1.54) is 0 Å². The Morgan fingerprint density at radius 2 is 2.16 bits per heavy atom. The van der Waals surface area contributed by atoms with E-state index in [9.17, 15) is 4.79 Å². The van der Waals surface area contributed by atoms with Crippen molar-refractivity contribution in [3.63, 3.8) is 0 Å². The van der Waals surface area contributed by atoms with Crippen LogP contribution in [0.5, 0.6) is 0 Å². The molecule has 0 N–H and O–H groups in total. The number of carbonyl (C=O) groups excluding carboxylic acids is 1. The molecule has 3 rings (SSSR count). The summed E-state index contributed by atoms with van der Waals surface area (Å²) in [5.74, 6) is 1.02. The Labute approximate surface area is 150 Å². The van der Waals surface area contributed by atoms with Crippen LogP contribution in [0.2, 0.25) is 0 Å². The number of rotatable bonds is 5. The van der Waals surface area contributed by atoms with Crippen molar-refractivity contribution in [3.8, 4) is 0 Å². The molecular weight excluding hydrogens is 318 g/mol. The topological polar surface area (TPSA) is 61.8 Å². The van der Waals surface area contributed by atoms with E-state index in [0.29, 0.717) is 6.54 Å². The molecule has 1 unspecified atom stereocenters. The maximum atomic E-state index is 12.8. The minimum atomic E-state index is 0.0348. The van der Waals surface area contributed by atoms with Gasteiger partial charge in [0.25, 0.3) is 0 Å². The van der Waals surface area contributed by atoms with Crippen molar-refractivity contribution in [2.75, 3.05) is 64.4 Å². The van der Waals surface area contributed by atoms with Gasteiger partial charge in [-0.3, -0.25) is 9.69 Å². The minimum absolute atomic E-state index is 0.0348. The second-order valence-corrected chi connectivity index (χ2v) is 7.00. The molecule has 0 spiro atoms. The number of likely N-dealkylation sites (N-methyl/N-ethyl adjacent to an activating group) is 1. The summed E-state index contributed by atoms with van der Waals surface area (Å²) in [6.07, 6.45) is 3.74. The highest BCUT2D eigenvalue weighted by atomic mass is 16.5. The zero-order valence-corrected chi connectivity index (χ0v) is 15.4. The van der Waals surface area contributed by atoms with Gasteiger partial charge in [-0.25, -0.2) is 9.97 Å². The van der Waals surface area contributed by atoms with E-state index in [0.717, 1.165) is 70.4 Å². The summed E-state index contributed by atoms with van der Waals surface area (Å²) >= 11 is 0. The molecule has 2 fully saturated rings. The molecular formula is C18H29N5O2. The maximum absolute atomic E-state index is 12.8. The summed E-state index contributed by atoms with van der Waals surface area (Å²) in [6.45, 7) is 8.82. The molecule has 2 saturated heterocycles. The van der Waals surface area contributed by atoms with E-state index < -0.39 is 0 Å². The van der Waals surface area contributed by atoms with Crippen LogP contribution in [-0.2, 0) is 9.53 Å². The van der Waals surface area contributed by atoms with Crippen molar-refractivity contribution >= 4 is 11.9 Å². The van der Waals surface area contributed by atoms with Gasteiger partial charge >= 0.3 is 0 Å². The largest absolute Gasteiger partial charge is 0.379 e. The molecule has 2 aliphatic rings. The monoisotopic (exact) mass is 347 g/mol. The number of hydrogen-bond donors (Lipinski definition) is 0. The van der Waals surface area contributed by atoms with Crippen LogP contribution >= 0.6 is 0 Å². The molecule has 1 atom stereocenters. The Balaban J connectivity index is 1.52. The zero-order chi connectivity index (χ0) is 17.6. The summed E-state index contributed by atoms with van der Waals surface area (Å²) in [7, 11) is 1.92. The number of ether oxygens (including phenoxy) is 1. The lowest BCUT2D eigenvalue weighted by Gasteiger charge is -2.35. The Kier molecular flexibility index (Phi) is 6.20. The molecule has 1 amide bonds. The molecule has 138 valence electrons. The Hall–Kier alpha value is -1.73. The molecule has 0 saturated carbocycles. The van der Waals surface area contributed by atoms with Gasteiger partial charge in [-0.2, -0.15) is 0 Å². The van der Waals surface area contributed by atoms with Crippen LogP contribution in [0.1, 0.15) is 18.5 Å². The summed E-state index contributed by atoms with van der Waals surface area (Å²) < 4.78 is 5.37. The van der Waals surface area contributed by atoms with Crippen LogP contribution in [-0.4, -0.2) is 85.2 Å². The van der Waals surface area contributed by atoms with Crippen molar-refractivity contribution in [3.05, 3.63) is 18.0 Å². The van der Waals surface area contributed by atoms with Crippen molar-refractivity contribution in [1.82, 2.24) is 19.8 Å². The molecule has 0 bridgehead atoms. The Morgan fingerprint density at radius 1 is 1.36 bits per heavy atom. The SMILES string of the molecule is Cc1ccnc(N2CCCC(C(=O)N(C)CCN3CCOCC3)C2)n1. The van der Waals surface area contributed by atoms with Crippen LogP contribution in [0.3, 0.4) is 0 Å². The van der Waals surface area contributed by atoms with E-state index in [2.05, 4.69) is 19.8 Å². The Bertz CT molecular complexity index is 576. The van der Waals surface area contributed by atoms with Crippen molar-refractivity contribution in [1.29, 1.82) is 0 Å². The number of anilines is 1. The van der Waals surface area contributed by atoms with E-state index in [-0.39, 0.29) is 11.8 Å². The van der Waals surface area contributed by atoms with Gasteiger partial charge in [0.05, 0.1) is 19.1 Å². The molecule has 7 nitrogen and oxygen atoms in total. The standard InChI is InChI=1S/C18H29N5O2/c1-15-5-6-19-18(20-15)23-7-3-4-16(14-23)17(24)21(2)8-9-22-10-12-25-13-11-22/h5-6,16H,3-4,7-14H2,1-2H3. The van der Waals surface area contributed by atoms with Gasteiger partial charge in [-0.05, 0) is 25.8 Å². The molecule has 1 aromatic rings. The molecule has 25 heavy (non-hydrogen) atoms. The van der Waals surface area contributed by atoms with E-state index in [4.69, 9.17) is 4.74 Å². The Morgan fingerprint density at radius 3 is 2.92 bits per heavy atom. The molecule has 0 aromatic carbocycles. The van der Waals surface area contributed by atoms with Crippen LogP contribution in [0.15, 0.2) is 12.3 Å². The molecule has 7 heteroatoms. The zero-order valence-electron chi connectivity index (χ0n) is 15.4. The average Bonchev–Trinajstić information content (AvgIpc) is 2.66. The second kappa shape index (κ2) is 8.58. The predicted molar refractivity (Wildman–Crippen MR) is 96.6 cm³/mol. The smallest absolute Gasteiger partial charge is 0.227 e. The molecule has 0 radical (unpaired) electrons. The normalized spacial score (nSPS) is 22.0. The first-order chi connectivity index (χ1) is 12.1. The summed E-state index contributed by atoms with van der Waals surface area (Å²) in [5, 5.41) is 0. The number of amides is 1. The lowest BCUT2D eigenvalue weighted by atomic mass is 9.97. The number of hydrogen-bond acceptors (Lipinski definition) is 6. The molecule has 0 aliphatic carbocycles. The quantitative estimate of drug-likeness (QED) is 0.785. The third kappa shape index (κ3) is 4.89. The average molecular weight is 347 g/mol. The van der Waals surface area contributed by atoms with Gasteiger partial charge in [-0.1, -0.05) is 0 Å². The number of aromatic nitrogens is 2. The van der Waals surface area contributed by atoms with E-state index in [1.54, 1.807) is 6.20 Å². The maximum Gasteiger partial charge on any atom is 0.227 e. The van der Waals surface area contributed by atoms with Crippen molar-refractivity contribution in [2.45, 2.75) is 19.8 Å². The van der Waals surface area contributed by atoms with Gasteiger partial charge in [0.2, 0.25) is 11.9 Å². The lowest BCUT2D eigenvalue weighted by molar-refractivity contribution is -0.134. The van der Waals surface area contributed by atoms with Crippen LogP contribution in [0.25, 0.3) is 0 Å². The highest BCUT2D eigenvalue weighted by Gasteiger charge is 2.29. The van der Waals surface area contributed by atoms with Gasteiger partial charge in [-0.15, -0.1) is 0 Å². The number of carbonyl (C=O) groups is 1. The molecule has 3 heterocycles. The van der Waals surface area contributed by atoms with Gasteiger partial charge in [0.15, 0.2) is 0 Å². The van der Waals surface area contributed by atoms with Gasteiger partial charge in [0.1, 0.15) is 0 Å². The first kappa shape index (κ1) is 18.1. The van der Waals surface area contributed by atoms with E-state index in [1.807, 2.05) is 24.9 Å². The third-order valence-electron chi connectivity index (χ3n) is 5.07. The van der Waals surface area contributed by atoms with Crippen molar-refractivity contribution in [2.24, 2.45) is 5.92 Å². The number of aryl methyl sites for hydroxylation is 1. The molecule has 1 aromatic heterocycles. The second-order valence-electron chi connectivity index (χ2n) is 7.00.